The predicted molar refractivity (Wildman–Crippen MR) is 116 cm³/mol. The summed E-state index contributed by atoms with van der Waals surface area (Å²) in [7, 11) is 0. The first-order chi connectivity index (χ1) is 13.4. The second-order valence-electron chi connectivity index (χ2n) is 7.81. The molecule has 1 aliphatic heterocycles. The smallest absolute Gasteiger partial charge is 0.123 e. The van der Waals surface area contributed by atoms with E-state index in [2.05, 4.69) is 41.0 Å². The molecule has 1 aliphatic carbocycles. The maximum atomic E-state index is 9.38. The molecule has 0 amide bonds. The molecule has 1 heterocycles. The lowest BCUT2D eigenvalue weighted by Crippen LogP contribution is -2.42. The first kappa shape index (κ1) is 22.7. The van der Waals surface area contributed by atoms with Crippen molar-refractivity contribution < 1.29 is 14.6 Å². The second-order valence-corrected chi connectivity index (χ2v) is 7.81. The fourth-order valence-corrected chi connectivity index (χ4v) is 3.57. The highest BCUT2D eigenvalue weighted by molar-refractivity contribution is 5.53. The molecule has 4 heteroatoms. The van der Waals surface area contributed by atoms with E-state index in [4.69, 9.17) is 9.47 Å². The molecular weight excluding hydrogens is 350 g/mol. The van der Waals surface area contributed by atoms with Gasteiger partial charge in [-0.05, 0) is 64.7 Å². The zero-order valence-electron chi connectivity index (χ0n) is 18.2. The van der Waals surface area contributed by atoms with Crippen LogP contribution in [-0.4, -0.2) is 48.7 Å². The average molecular weight is 388 g/mol. The molecule has 0 atom stereocenters. The van der Waals surface area contributed by atoms with E-state index in [1.54, 1.807) is 0 Å². The van der Waals surface area contributed by atoms with Gasteiger partial charge in [0.15, 0.2) is 0 Å². The van der Waals surface area contributed by atoms with Gasteiger partial charge in [-0.2, -0.15) is 0 Å². The average Bonchev–Trinajstić information content (AvgIpc) is 2.68. The van der Waals surface area contributed by atoms with Gasteiger partial charge in [0, 0.05) is 30.9 Å². The Morgan fingerprint density at radius 2 is 1.82 bits per heavy atom. The number of hydrogen-bond acceptors (Lipinski definition) is 4. The normalized spacial score (nSPS) is 22.4. The van der Waals surface area contributed by atoms with Crippen LogP contribution in [0, 0.1) is 11.8 Å². The number of rotatable bonds is 5. The van der Waals surface area contributed by atoms with Crippen LogP contribution in [0.3, 0.4) is 0 Å². The Hall–Kier alpha value is -1.54. The number of anilines is 1. The Bertz CT molecular complexity index is 647. The van der Waals surface area contributed by atoms with E-state index in [0.29, 0.717) is 12.7 Å². The standard InChI is InChI=1S/C22H31NO3.C2H6/c1-4-25-22(2,3)11-8-17-6-5-7-18(14-17)23-12-9-20(10-13-23)26-21-15-19(24)16-21;1-2/h5-7,14,19-21,24H,4,9-10,12-13,15-16H2,1-3H3;1-2H3. The minimum Gasteiger partial charge on any atom is -0.393 e. The summed E-state index contributed by atoms with van der Waals surface area (Å²) in [5, 5.41) is 9.38. The first-order valence-electron chi connectivity index (χ1n) is 10.8. The van der Waals surface area contributed by atoms with Crippen LogP contribution in [0.5, 0.6) is 0 Å². The minimum absolute atomic E-state index is 0.142. The van der Waals surface area contributed by atoms with Gasteiger partial charge in [-0.25, -0.2) is 0 Å². The molecule has 156 valence electrons. The van der Waals surface area contributed by atoms with Gasteiger partial charge < -0.3 is 19.5 Å². The van der Waals surface area contributed by atoms with Crippen molar-refractivity contribution in [1.82, 2.24) is 0 Å². The summed E-state index contributed by atoms with van der Waals surface area (Å²) in [5.74, 6) is 6.47. The Morgan fingerprint density at radius 3 is 2.43 bits per heavy atom. The van der Waals surface area contributed by atoms with Crippen LogP contribution in [0.2, 0.25) is 0 Å². The first-order valence-corrected chi connectivity index (χ1v) is 10.8. The monoisotopic (exact) mass is 387 g/mol. The van der Waals surface area contributed by atoms with Crippen LogP contribution in [0.4, 0.5) is 5.69 Å². The molecular formula is C24H37NO3. The molecule has 0 bridgehead atoms. The molecule has 28 heavy (non-hydrogen) atoms. The maximum Gasteiger partial charge on any atom is 0.123 e. The number of nitrogens with zero attached hydrogens (tertiary/aromatic N) is 1. The number of hydrogen-bond donors (Lipinski definition) is 1. The van der Waals surface area contributed by atoms with E-state index in [-0.39, 0.29) is 12.2 Å². The van der Waals surface area contributed by atoms with Crippen molar-refractivity contribution >= 4 is 5.69 Å². The van der Waals surface area contributed by atoms with E-state index in [0.717, 1.165) is 44.3 Å². The fraction of sp³-hybridized carbons (Fsp3) is 0.667. The summed E-state index contributed by atoms with van der Waals surface area (Å²) in [4.78, 5) is 2.41. The lowest BCUT2D eigenvalue weighted by atomic mass is 9.91. The van der Waals surface area contributed by atoms with Crippen molar-refractivity contribution in [2.75, 3.05) is 24.6 Å². The maximum absolute atomic E-state index is 9.38. The van der Waals surface area contributed by atoms with Gasteiger partial charge in [0.05, 0.1) is 18.3 Å². The van der Waals surface area contributed by atoms with Crippen molar-refractivity contribution in [3.8, 4) is 11.8 Å². The molecule has 1 saturated carbocycles. The van der Waals surface area contributed by atoms with Gasteiger partial charge >= 0.3 is 0 Å². The quantitative estimate of drug-likeness (QED) is 0.761. The topological polar surface area (TPSA) is 41.9 Å². The summed E-state index contributed by atoms with van der Waals surface area (Å²) >= 11 is 0. The van der Waals surface area contributed by atoms with Crippen LogP contribution < -0.4 is 4.90 Å². The molecule has 2 aliphatic rings. The van der Waals surface area contributed by atoms with E-state index in [1.165, 1.54) is 5.69 Å². The lowest BCUT2D eigenvalue weighted by Gasteiger charge is -2.39. The van der Waals surface area contributed by atoms with Gasteiger partial charge in [-0.1, -0.05) is 31.8 Å². The van der Waals surface area contributed by atoms with Gasteiger partial charge in [0.25, 0.3) is 0 Å². The van der Waals surface area contributed by atoms with Gasteiger partial charge in [-0.15, -0.1) is 0 Å². The van der Waals surface area contributed by atoms with Crippen LogP contribution >= 0.6 is 0 Å². The Morgan fingerprint density at radius 1 is 1.14 bits per heavy atom. The van der Waals surface area contributed by atoms with Gasteiger partial charge in [0.1, 0.15) is 5.60 Å². The van der Waals surface area contributed by atoms with Crippen LogP contribution in [0.15, 0.2) is 24.3 Å². The second kappa shape index (κ2) is 10.9. The predicted octanol–water partition coefficient (Wildman–Crippen LogP) is 4.39. The molecule has 1 N–H and O–H groups in total. The van der Waals surface area contributed by atoms with Crippen LogP contribution in [-0.2, 0) is 9.47 Å². The molecule has 0 radical (unpaired) electrons. The minimum atomic E-state index is -0.421. The highest BCUT2D eigenvalue weighted by atomic mass is 16.5. The van der Waals surface area contributed by atoms with Crippen molar-refractivity contribution in [2.45, 2.75) is 84.2 Å². The van der Waals surface area contributed by atoms with Crippen molar-refractivity contribution in [2.24, 2.45) is 0 Å². The molecule has 1 aromatic carbocycles. The Balaban J connectivity index is 0.00000136. The van der Waals surface area contributed by atoms with E-state index in [9.17, 15) is 5.11 Å². The zero-order chi connectivity index (χ0) is 20.6. The third kappa shape index (κ3) is 6.81. The number of aliphatic hydroxyl groups excluding tert-OH is 1. The van der Waals surface area contributed by atoms with E-state index in [1.807, 2.05) is 34.6 Å². The van der Waals surface area contributed by atoms with Crippen LogP contribution in [0.1, 0.15) is 65.9 Å². The third-order valence-electron chi connectivity index (χ3n) is 5.12. The molecule has 1 aromatic rings. The molecule has 3 rings (SSSR count). The molecule has 1 saturated heterocycles. The van der Waals surface area contributed by atoms with Crippen LogP contribution in [0.25, 0.3) is 0 Å². The van der Waals surface area contributed by atoms with E-state index >= 15 is 0 Å². The SMILES string of the molecule is CC.CCOC(C)(C)C#Cc1cccc(N2CCC(OC3CC(O)C3)CC2)c1. The molecule has 0 aromatic heterocycles. The van der Waals surface area contributed by atoms with E-state index < -0.39 is 5.60 Å². The summed E-state index contributed by atoms with van der Waals surface area (Å²) in [5.41, 5.74) is 1.83. The highest BCUT2D eigenvalue weighted by Crippen LogP contribution is 2.28. The Kier molecular flexibility index (Phi) is 8.82. The summed E-state index contributed by atoms with van der Waals surface area (Å²) in [6.45, 7) is 12.7. The molecule has 2 fully saturated rings. The number of aliphatic hydroxyl groups is 1. The van der Waals surface area contributed by atoms with Crippen molar-refractivity contribution in [3.63, 3.8) is 0 Å². The van der Waals surface area contributed by atoms with Crippen molar-refractivity contribution in [3.05, 3.63) is 29.8 Å². The van der Waals surface area contributed by atoms with Gasteiger partial charge in [0.2, 0.25) is 0 Å². The fourth-order valence-electron chi connectivity index (χ4n) is 3.57. The Labute approximate surface area is 171 Å². The molecule has 0 unspecified atom stereocenters. The summed E-state index contributed by atoms with van der Waals surface area (Å²) in [6.07, 6.45) is 4.15. The molecule has 0 spiro atoms. The number of ether oxygens (including phenoxy) is 2. The summed E-state index contributed by atoms with van der Waals surface area (Å²) in [6, 6.07) is 8.45. The lowest BCUT2D eigenvalue weighted by molar-refractivity contribution is -0.108. The molecule has 4 nitrogen and oxygen atoms in total. The number of piperidine rings is 1. The zero-order valence-corrected chi connectivity index (χ0v) is 18.2. The highest BCUT2D eigenvalue weighted by Gasteiger charge is 2.31. The van der Waals surface area contributed by atoms with Gasteiger partial charge in [-0.3, -0.25) is 0 Å². The largest absolute Gasteiger partial charge is 0.393 e. The summed E-state index contributed by atoms with van der Waals surface area (Å²) < 4.78 is 11.7. The third-order valence-corrected chi connectivity index (χ3v) is 5.12. The van der Waals surface area contributed by atoms with Crippen molar-refractivity contribution in [1.29, 1.82) is 0 Å². The number of benzene rings is 1.